The fourth-order valence-electron chi connectivity index (χ4n) is 1.59. The van der Waals surface area contributed by atoms with Gasteiger partial charge in [0, 0.05) is 5.92 Å². The van der Waals surface area contributed by atoms with Gasteiger partial charge in [0.05, 0.1) is 4.83 Å². The van der Waals surface area contributed by atoms with Crippen molar-refractivity contribution in [2.75, 3.05) is 0 Å². The Labute approximate surface area is 112 Å². The zero-order valence-corrected chi connectivity index (χ0v) is 13.6. The van der Waals surface area contributed by atoms with E-state index in [-0.39, 0.29) is 18.3 Å². The van der Waals surface area contributed by atoms with E-state index < -0.39 is 0 Å². The molecule has 0 aromatic rings. The highest BCUT2D eigenvalue weighted by molar-refractivity contribution is 9.39. The second kappa shape index (κ2) is 3.87. The number of Topliss-reactive ketones (excluding diaryl/α,β-unsaturated/α-hetero) is 1. The molecule has 2 unspecified atom stereocenters. The van der Waals surface area contributed by atoms with Crippen LogP contribution in [0.1, 0.15) is 20.3 Å². The van der Waals surface area contributed by atoms with E-state index in [2.05, 4.69) is 77.6 Å². The summed E-state index contributed by atoms with van der Waals surface area (Å²) in [6, 6.07) is 0. The SMILES string of the molecule is CC1(C)C(Br)C(=O)C1CC(Br)(Br)Br. The lowest BCUT2D eigenvalue weighted by Gasteiger charge is -2.48. The van der Waals surface area contributed by atoms with Gasteiger partial charge < -0.3 is 0 Å². The lowest BCUT2D eigenvalue weighted by atomic mass is 9.60. The predicted octanol–water partition coefficient (Wildman–Crippen LogP) is 4.20. The maximum absolute atomic E-state index is 11.5. The number of ketones is 1. The Morgan fingerprint density at radius 1 is 1.38 bits per heavy atom. The van der Waals surface area contributed by atoms with Gasteiger partial charge in [0.1, 0.15) is 2.14 Å². The summed E-state index contributed by atoms with van der Waals surface area (Å²) in [6.45, 7) is 4.22. The van der Waals surface area contributed by atoms with Crippen molar-refractivity contribution in [3.63, 3.8) is 0 Å². The Balaban J connectivity index is 2.68. The van der Waals surface area contributed by atoms with Crippen LogP contribution in [0.2, 0.25) is 0 Å². The summed E-state index contributed by atoms with van der Waals surface area (Å²) in [7, 11) is 0. The average Bonchev–Trinajstić information content (AvgIpc) is 1.96. The van der Waals surface area contributed by atoms with E-state index in [4.69, 9.17) is 0 Å². The summed E-state index contributed by atoms with van der Waals surface area (Å²) in [5, 5.41) is 0. The van der Waals surface area contributed by atoms with E-state index in [0.717, 1.165) is 6.42 Å². The minimum absolute atomic E-state index is 0.0137. The highest BCUT2D eigenvalue weighted by Gasteiger charge is 2.55. The third kappa shape index (κ3) is 2.58. The van der Waals surface area contributed by atoms with Crippen LogP contribution in [0.4, 0.5) is 0 Å². The van der Waals surface area contributed by atoms with Crippen LogP contribution in [0.3, 0.4) is 0 Å². The van der Waals surface area contributed by atoms with Gasteiger partial charge in [0.15, 0.2) is 5.78 Å². The Bertz CT molecular complexity index is 231. The Morgan fingerprint density at radius 3 is 2.15 bits per heavy atom. The Kier molecular flexibility index (Phi) is 3.77. The van der Waals surface area contributed by atoms with Crippen LogP contribution in [-0.4, -0.2) is 12.8 Å². The second-order valence-electron chi connectivity index (χ2n) is 3.96. The van der Waals surface area contributed by atoms with Gasteiger partial charge in [-0.2, -0.15) is 0 Å². The summed E-state index contributed by atoms with van der Waals surface area (Å²) in [4.78, 5) is 11.6. The van der Waals surface area contributed by atoms with Crippen LogP contribution in [0, 0.1) is 11.3 Å². The summed E-state index contributed by atoms with van der Waals surface area (Å²) >= 11 is 13.7. The van der Waals surface area contributed by atoms with Crippen molar-refractivity contribution < 1.29 is 4.79 Å². The molecule has 1 rings (SSSR count). The third-order valence-electron chi connectivity index (χ3n) is 2.58. The molecular formula is C8H10Br4O. The molecule has 0 aromatic heterocycles. The molecule has 0 aliphatic heterocycles. The molecule has 2 atom stereocenters. The van der Waals surface area contributed by atoms with Gasteiger partial charge in [-0.15, -0.1) is 0 Å². The van der Waals surface area contributed by atoms with Crippen LogP contribution in [0.5, 0.6) is 0 Å². The fourth-order valence-corrected chi connectivity index (χ4v) is 3.19. The van der Waals surface area contributed by atoms with Crippen molar-refractivity contribution in [1.82, 2.24) is 0 Å². The largest absolute Gasteiger partial charge is 0.298 e. The molecule has 1 aliphatic rings. The molecule has 1 fully saturated rings. The zero-order chi connectivity index (χ0) is 10.4. The molecule has 5 heteroatoms. The molecule has 0 heterocycles. The summed E-state index contributed by atoms with van der Waals surface area (Å²) < 4.78 is -0.308. The number of alkyl halides is 4. The molecule has 0 bridgehead atoms. The molecular weight excluding hydrogens is 432 g/mol. The molecule has 0 saturated heterocycles. The van der Waals surface area contributed by atoms with Gasteiger partial charge >= 0.3 is 0 Å². The summed E-state index contributed by atoms with van der Waals surface area (Å²) in [6.07, 6.45) is 0.751. The smallest absolute Gasteiger partial charge is 0.150 e. The zero-order valence-electron chi connectivity index (χ0n) is 7.28. The predicted molar refractivity (Wildman–Crippen MR) is 69.1 cm³/mol. The third-order valence-corrected chi connectivity index (χ3v) is 5.18. The molecule has 76 valence electrons. The topological polar surface area (TPSA) is 17.1 Å². The number of carbonyl (C=O) groups is 1. The normalized spacial score (nSPS) is 32.9. The van der Waals surface area contributed by atoms with E-state index in [9.17, 15) is 4.79 Å². The van der Waals surface area contributed by atoms with Gasteiger partial charge in [-0.3, -0.25) is 4.79 Å². The maximum atomic E-state index is 11.5. The Morgan fingerprint density at radius 2 is 1.85 bits per heavy atom. The van der Waals surface area contributed by atoms with Gasteiger partial charge in [-0.25, -0.2) is 0 Å². The number of hydrogen-bond donors (Lipinski definition) is 0. The van der Waals surface area contributed by atoms with E-state index in [1.165, 1.54) is 0 Å². The van der Waals surface area contributed by atoms with Crippen molar-refractivity contribution in [1.29, 1.82) is 0 Å². The van der Waals surface area contributed by atoms with Gasteiger partial charge in [0.2, 0.25) is 0 Å². The van der Waals surface area contributed by atoms with Crippen LogP contribution in [-0.2, 0) is 4.79 Å². The van der Waals surface area contributed by atoms with Crippen LogP contribution in [0.25, 0.3) is 0 Å². The van der Waals surface area contributed by atoms with E-state index >= 15 is 0 Å². The van der Waals surface area contributed by atoms with Crippen molar-refractivity contribution in [2.45, 2.75) is 27.2 Å². The van der Waals surface area contributed by atoms with E-state index in [1.54, 1.807) is 0 Å². The minimum atomic E-state index is -0.308. The minimum Gasteiger partial charge on any atom is -0.298 e. The first-order valence-electron chi connectivity index (χ1n) is 3.91. The molecule has 0 aromatic carbocycles. The summed E-state index contributed by atoms with van der Waals surface area (Å²) in [5.41, 5.74) is 0.0532. The fraction of sp³-hybridized carbons (Fsp3) is 0.875. The van der Waals surface area contributed by atoms with Crippen molar-refractivity contribution in [3.05, 3.63) is 0 Å². The van der Waals surface area contributed by atoms with Crippen molar-refractivity contribution >= 4 is 69.5 Å². The standard InChI is InChI=1S/C8H10Br4O/c1-7(2)4(3-8(10,11)12)5(13)6(7)9/h4,6H,3H2,1-2H3. The first-order chi connectivity index (χ1) is 5.66. The first kappa shape index (κ1) is 12.7. The van der Waals surface area contributed by atoms with Crippen LogP contribution >= 0.6 is 63.7 Å². The number of rotatable bonds is 1. The van der Waals surface area contributed by atoms with Crippen LogP contribution < -0.4 is 0 Å². The lowest BCUT2D eigenvalue weighted by molar-refractivity contribution is -0.138. The Hall–Kier alpha value is 1.59. The molecule has 0 spiro atoms. The summed E-state index contributed by atoms with van der Waals surface area (Å²) in [5.74, 6) is 0.405. The van der Waals surface area contributed by atoms with E-state index in [0.29, 0.717) is 5.78 Å². The number of hydrogen-bond acceptors (Lipinski definition) is 1. The number of halogens is 4. The second-order valence-corrected chi connectivity index (χ2v) is 12.1. The van der Waals surface area contributed by atoms with Gasteiger partial charge in [0.25, 0.3) is 0 Å². The lowest BCUT2D eigenvalue weighted by Crippen LogP contribution is -2.56. The molecule has 13 heavy (non-hydrogen) atoms. The number of carbonyl (C=O) groups excluding carboxylic acids is 1. The average molecular weight is 442 g/mol. The highest BCUT2D eigenvalue weighted by atomic mass is 80.0. The monoisotopic (exact) mass is 438 g/mol. The first-order valence-corrected chi connectivity index (χ1v) is 7.20. The molecule has 0 amide bonds. The van der Waals surface area contributed by atoms with Crippen LogP contribution in [0.15, 0.2) is 0 Å². The van der Waals surface area contributed by atoms with Crippen molar-refractivity contribution in [2.24, 2.45) is 11.3 Å². The molecule has 0 N–H and O–H groups in total. The maximum Gasteiger partial charge on any atom is 0.150 e. The highest BCUT2D eigenvalue weighted by Crippen LogP contribution is 2.54. The van der Waals surface area contributed by atoms with Crippen molar-refractivity contribution in [3.8, 4) is 0 Å². The van der Waals surface area contributed by atoms with Gasteiger partial charge in [-0.05, 0) is 11.8 Å². The van der Waals surface area contributed by atoms with Gasteiger partial charge in [-0.1, -0.05) is 77.6 Å². The molecule has 1 nitrogen and oxygen atoms in total. The quantitative estimate of drug-likeness (QED) is 0.557. The van der Waals surface area contributed by atoms with E-state index in [1.807, 2.05) is 0 Å². The molecule has 1 aliphatic carbocycles. The molecule has 0 radical (unpaired) electrons. The molecule has 1 saturated carbocycles.